The van der Waals surface area contributed by atoms with E-state index in [1.54, 1.807) is 17.1 Å². The van der Waals surface area contributed by atoms with Crippen LogP contribution in [0.25, 0.3) is 10.9 Å². The minimum atomic E-state index is -0.114. The number of aromatic amines is 1. The van der Waals surface area contributed by atoms with E-state index in [1.165, 1.54) is 11.3 Å². The summed E-state index contributed by atoms with van der Waals surface area (Å²) < 4.78 is 7.74. The molecule has 5 rings (SSSR count). The highest BCUT2D eigenvalue weighted by Crippen LogP contribution is 2.41. The molecule has 4 heterocycles. The predicted molar refractivity (Wildman–Crippen MR) is 135 cm³/mol. The van der Waals surface area contributed by atoms with Gasteiger partial charge in [0.1, 0.15) is 12.5 Å². The predicted octanol–water partition coefficient (Wildman–Crippen LogP) is 5.22. The highest BCUT2D eigenvalue weighted by atomic mass is 35.5. The molecule has 0 bridgehead atoms. The van der Waals surface area contributed by atoms with E-state index in [-0.39, 0.29) is 11.6 Å². The Kier molecular flexibility index (Phi) is 6.52. The molecule has 0 saturated carbocycles. The number of nitrogens with zero attached hydrogens (tertiary/aromatic N) is 6. The van der Waals surface area contributed by atoms with Crippen molar-refractivity contribution in [2.45, 2.75) is 26.8 Å². The van der Waals surface area contributed by atoms with Crippen LogP contribution in [-0.4, -0.2) is 65.3 Å². The van der Waals surface area contributed by atoms with Gasteiger partial charge in [-0.2, -0.15) is 0 Å². The number of aromatic hydroxyl groups is 1. The topological polar surface area (TPSA) is 93.7 Å². The van der Waals surface area contributed by atoms with Gasteiger partial charge in [0, 0.05) is 54.1 Å². The molecule has 0 amide bonds. The Labute approximate surface area is 207 Å². The molecule has 0 aliphatic carbocycles. The Bertz CT molecular complexity index is 1270. The first-order valence-corrected chi connectivity index (χ1v) is 12.1. The van der Waals surface area contributed by atoms with Crippen molar-refractivity contribution in [2.24, 2.45) is 15.3 Å². The van der Waals surface area contributed by atoms with E-state index >= 15 is 0 Å². The zero-order valence-corrected chi connectivity index (χ0v) is 20.7. The number of nitrogens with one attached hydrogen (secondary N) is 1. The van der Waals surface area contributed by atoms with E-state index in [1.807, 2.05) is 6.21 Å². The van der Waals surface area contributed by atoms with Crippen molar-refractivity contribution in [1.82, 2.24) is 14.5 Å². The number of rotatable bonds is 6. The molecule has 2 aliphatic rings. The fraction of sp³-hybridized carbons (Fsp3) is 0.435. The maximum atomic E-state index is 10.4. The van der Waals surface area contributed by atoms with Crippen LogP contribution in [0.1, 0.15) is 23.2 Å². The van der Waals surface area contributed by atoms with Crippen LogP contribution in [-0.2, 0) is 11.3 Å². The van der Waals surface area contributed by atoms with Gasteiger partial charge in [-0.25, -0.2) is 5.01 Å². The number of morpholine rings is 1. The lowest BCUT2D eigenvalue weighted by Gasteiger charge is -2.27. The van der Waals surface area contributed by atoms with Crippen LogP contribution in [0.5, 0.6) is 5.88 Å². The third-order valence-corrected chi connectivity index (χ3v) is 7.03. The third-order valence-electron chi connectivity index (χ3n) is 6.51. The number of hydrogen-bond acceptors (Lipinski definition) is 6. The maximum absolute atomic E-state index is 10.4. The van der Waals surface area contributed by atoms with E-state index in [9.17, 15) is 5.11 Å². The van der Waals surface area contributed by atoms with Gasteiger partial charge in [-0.3, -0.25) is 9.89 Å². The summed E-state index contributed by atoms with van der Waals surface area (Å²) in [6.07, 6.45) is 2.92. The number of H-pyrrole nitrogens is 1. The summed E-state index contributed by atoms with van der Waals surface area (Å²) in [5.74, 6) is 0.848. The van der Waals surface area contributed by atoms with Gasteiger partial charge < -0.3 is 19.4 Å². The van der Waals surface area contributed by atoms with Crippen LogP contribution >= 0.6 is 23.2 Å². The summed E-state index contributed by atoms with van der Waals surface area (Å²) in [7, 11) is 0. The van der Waals surface area contributed by atoms with Gasteiger partial charge in [0.2, 0.25) is 5.88 Å². The number of anilines is 1. The lowest BCUT2D eigenvalue weighted by atomic mass is 10.2. The highest BCUT2D eigenvalue weighted by Gasteiger charge is 2.25. The minimum Gasteiger partial charge on any atom is -0.493 e. The molecule has 0 radical (unpaired) electrons. The first kappa shape index (κ1) is 23.2. The number of fused-ring (bicyclic) bond motifs is 2. The zero-order valence-electron chi connectivity index (χ0n) is 19.2. The molecule has 2 aromatic heterocycles. The van der Waals surface area contributed by atoms with Crippen molar-refractivity contribution in [1.29, 1.82) is 0 Å². The molecular formula is C23H27Cl2N7O2. The molecular weight excluding hydrogens is 477 g/mol. The summed E-state index contributed by atoms with van der Waals surface area (Å²) in [6, 6.07) is 3.31. The van der Waals surface area contributed by atoms with Gasteiger partial charge in [-0.05, 0) is 38.0 Å². The van der Waals surface area contributed by atoms with Crippen LogP contribution in [0.15, 0.2) is 27.5 Å². The average Bonchev–Trinajstić information content (AvgIpc) is 3.27. The third kappa shape index (κ3) is 4.29. The lowest BCUT2D eigenvalue weighted by Crippen LogP contribution is -2.37. The Hall–Kier alpha value is -2.59. The van der Waals surface area contributed by atoms with Crippen LogP contribution in [0, 0.1) is 13.8 Å². The average molecular weight is 504 g/mol. The molecule has 11 heteroatoms. The van der Waals surface area contributed by atoms with Crippen LogP contribution in [0.3, 0.4) is 0 Å². The standard InChI is InChI=1S/C23H27Cl2N7O2/c1-14-15(2)31(5-3-4-30-6-8-34-9-7-30)23-17(14)12-26-13-32(23)29-28-21-20-18(25)10-16(24)11-19(20)27-22(21)33/h10-12,27,33H,3-9,13H2,1-2H3. The van der Waals surface area contributed by atoms with Crippen molar-refractivity contribution < 1.29 is 9.84 Å². The molecule has 0 unspecified atom stereocenters. The van der Waals surface area contributed by atoms with E-state index < -0.39 is 0 Å². The Morgan fingerprint density at radius 3 is 2.76 bits per heavy atom. The van der Waals surface area contributed by atoms with Crippen LogP contribution < -0.4 is 5.01 Å². The molecule has 1 aromatic carbocycles. The van der Waals surface area contributed by atoms with E-state index in [2.05, 4.69) is 43.6 Å². The molecule has 2 aliphatic heterocycles. The summed E-state index contributed by atoms with van der Waals surface area (Å²) >= 11 is 12.5. The second-order valence-corrected chi connectivity index (χ2v) is 9.42. The molecule has 2 N–H and O–H groups in total. The number of benzene rings is 1. The molecule has 0 atom stereocenters. The molecule has 0 spiro atoms. The molecule has 1 saturated heterocycles. The van der Waals surface area contributed by atoms with Gasteiger partial charge in [0.15, 0.2) is 5.69 Å². The molecule has 3 aromatic rings. The van der Waals surface area contributed by atoms with Gasteiger partial charge in [0.25, 0.3) is 0 Å². The molecule has 9 nitrogen and oxygen atoms in total. The van der Waals surface area contributed by atoms with Gasteiger partial charge >= 0.3 is 0 Å². The number of ether oxygens (including phenoxy) is 1. The van der Waals surface area contributed by atoms with Gasteiger partial charge in [-0.1, -0.05) is 28.4 Å². The Balaban J connectivity index is 1.43. The van der Waals surface area contributed by atoms with Crippen molar-refractivity contribution in [2.75, 3.05) is 44.5 Å². The van der Waals surface area contributed by atoms with Gasteiger partial charge in [0.05, 0.1) is 23.8 Å². The zero-order chi connectivity index (χ0) is 23.8. The number of halogens is 2. The van der Waals surface area contributed by atoms with Crippen molar-refractivity contribution >= 4 is 51.8 Å². The van der Waals surface area contributed by atoms with Crippen molar-refractivity contribution in [3.8, 4) is 5.88 Å². The number of aliphatic imine (C=N–C) groups is 1. The fourth-order valence-electron chi connectivity index (χ4n) is 4.61. The summed E-state index contributed by atoms with van der Waals surface area (Å²) in [5, 5.41) is 22.5. The SMILES string of the molecule is Cc1c2c(n(CCCN3CCOCC3)c1C)N(N=Nc1c(O)[nH]c3cc(Cl)cc(Cl)c13)CN=C2. The largest absolute Gasteiger partial charge is 0.493 e. The van der Waals surface area contributed by atoms with E-state index in [0.29, 0.717) is 27.6 Å². The van der Waals surface area contributed by atoms with E-state index in [0.717, 1.165) is 57.2 Å². The van der Waals surface area contributed by atoms with Crippen molar-refractivity contribution in [3.63, 3.8) is 0 Å². The minimum absolute atomic E-state index is 0.114. The summed E-state index contributed by atoms with van der Waals surface area (Å²) in [5.41, 5.74) is 4.28. The highest BCUT2D eigenvalue weighted by molar-refractivity contribution is 6.39. The summed E-state index contributed by atoms with van der Waals surface area (Å²) in [6.45, 7) is 10.0. The normalized spacial score (nSPS) is 16.8. The first-order chi connectivity index (χ1) is 16.4. The molecule has 34 heavy (non-hydrogen) atoms. The van der Waals surface area contributed by atoms with Crippen LogP contribution in [0.4, 0.5) is 11.5 Å². The molecule has 180 valence electrons. The molecule has 1 fully saturated rings. The monoisotopic (exact) mass is 503 g/mol. The maximum Gasteiger partial charge on any atom is 0.218 e. The van der Waals surface area contributed by atoms with Crippen LogP contribution in [0.2, 0.25) is 10.0 Å². The van der Waals surface area contributed by atoms with Crippen molar-refractivity contribution in [3.05, 3.63) is 39.0 Å². The number of hydrogen-bond donors (Lipinski definition) is 2. The smallest absolute Gasteiger partial charge is 0.218 e. The van der Waals surface area contributed by atoms with Gasteiger partial charge in [-0.15, -0.1) is 5.11 Å². The van der Waals surface area contributed by atoms with E-state index in [4.69, 9.17) is 27.9 Å². The second kappa shape index (κ2) is 9.58. The number of aromatic nitrogens is 2. The first-order valence-electron chi connectivity index (χ1n) is 11.3. The Morgan fingerprint density at radius 1 is 1.18 bits per heavy atom. The quantitative estimate of drug-likeness (QED) is 0.451. The Morgan fingerprint density at radius 2 is 1.97 bits per heavy atom. The second-order valence-electron chi connectivity index (χ2n) is 8.58. The summed E-state index contributed by atoms with van der Waals surface area (Å²) in [4.78, 5) is 9.79. The lowest BCUT2D eigenvalue weighted by molar-refractivity contribution is 0.0369. The fourth-order valence-corrected chi connectivity index (χ4v) is 5.20.